The standard InChI is InChI=1S/C11H10ClNO/c1-2-13-10-6-4-3-5-8(10)9(7-14)11(13)12/h3-7H,2H2,1H3. The fourth-order valence-electron chi connectivity index (χ4n) is 1.72. The zero-order valence-corrected chi connectivity index (χ0v) is 8.58. The third-order valence-electron chi connectivity index (χ3n) is 2.38. The number of carbonyl (C=O) groups is 1. The third kappa shape index (κ3) is 1.15. The summed E-state index contributed by atoms with van der Waals surface area (Å²) in [6.07, 6.45) is 0.816. The van der Waals surface area contributed by atoms with Crippen LogP contribution < -0.4 is 0 Å². The number of hydrogen-bond acceptors (Lipinski definition) is 1. The Morgan fingerprint density at radius 1 is 1.43 bits per heavy atom. The molecule has 0 radical (unpaired) electrons. The number of aldehydes is 1. The van der Waals surface area contributed by atoms with Crippen molar-refractivity contribution in [3.05, 3.63) is 35.0 Å². The number of fused-ring (bicyclic) bond motifs is 1. The van der Waals surface area contributed by atoms with E-state index in [0.717, 1.165) is 23.7 Å². The predicted molar refractivity (Wildman–Crippen MR) is 58.0 cm³/mol. The Morgan fingerprint density at radius 2 is 2.14 bits per heavy atom. The highest BCUT2D eigenvalue weighted by atomic mass is 35.5. The number of aromatic nitrogens is 1. The summed E-state index contributed by atoms with van der Waals surface area (Å²) in [7, 11) is 0. The van der Waals surface area contributed by atoms with Crippen LogP contribution in [0.2, 0.25) is 5.15 Å². The number of rotatable bonds is 2. The first-order valence-electron chi connectivity index (χ1n) is 4.51. The van der Waals surface area contributed by atoms with Gasteiger partial charge in [-0.25, -0.2) is 0 Å². The van der Waals surface area contributed by atoms with E-state index in [2.05, 4.69) is 0 Å². The lowest BCUT2D eigenvalue weighted by Gasteiger charge is -2.00. The largest absolute Gasteiger partial charge is 0.331 e. The van der Waals surface area contributed by atoms with Gasteiger partial charge in [0.05, 0.1) is 5.56 Å². The molecule has 1 heterocycles. The highest BCUT2D eigenvalue weighted by Crippen LogP contribution is 2.28. The molecule has 72 valence electrons. The molecule has 0 amide bonds. The number of halogens is 1. The summed E-state index contributed by atoms with van der Waals surface area (Å²) in [5.41, 5.74) is 1.60. The van der Waals surface area contributed by atoms with E-state index < -0.39 is 0 Å². The van der Waals surface area contributed by atoms with Crippen LogP contribution >= 0.6 is 11.6 Å². The van der Waals surface area contributed by atoms with Gasteiger partial charge < -0.3 is 4.57 Å². The Labute approximate surface area is 87.1 Å². The van der Waals surface area contributed by atoms with Crippen LogP contribution in [0.25, 0.3) is 10.9 Å². The average molecular weight is 208 g/mol. The number of aryl methyl sites for hydroxylation is 1. The Hall–Kier alpha value is -1.28. The topological polar surface area (TPSA) is 22.0 Å². The van der Waals surface area contributed by atoms with Crippen molar-refractivity contribution in [3.63, 3.8) is 0 Å². The van der Waals surface area contributed by atoms with Crippen LogP contribution in [0.15, 0.2) is 24.3 Å². The van der Waals surface area contributed by atoms with Gasteiger partial charge in [0.25, 0.3) is 0 Å². The number of nitrogens with zero attached hydrogens (tertiary/aromatic N) is 1. The minimum Gasteiger partial charge on any atom is -0.331 e. The molecule has 2 aromatic rings. The summed E-state index contributed by atoms with van der Waals surface area (Å²) in [5, 5.41) is 1.46. The van der Waals surface area contributed by atoms with Crippen LogP contribution in [-0.2, 0) is 6.54 Å². The first-order chi connectivity index (χ1) is 6.79. The van der Waals surface area contributed by atoms with Gasteiger partial charge in [-0.05, 0) is 13.0 Å². The summed E-state index contributed by atoms with van der Waals surface area (Å²) >= 11 is 6.08. The van der Waals surface area contributed by atoms with E-state index in [9.17, 15) is 4.79 Å². The van der Waals surface area contributed by atoms with E-state index in [-0.39, 0.29) is 0 Å². The lowest BCUT2D eigenvalue weighted by Crippen LogP contribution is -1.93. The molecule has 0 bridgehead atoms. The van der Waals surface area contributed by atoms with E-state index >= 15 is 0 Å². The molecule has 2 nitrogen and oxygen atoms in total. The van der Waals surface area contributed by atoms with Crippen molar-refractivity contribution >= 4 is 28.8 Å². The lowest BCUT2D eigenvalue weighted by molar-refractivity contribution is 0.112. The highest BCUT2D eigenvalue weighted by molar-refractivity contribution is 6.34. The molecule has 0 aliphatic rings. The van der Waals surface area contributed by atoms with Crippen molar-refractivity contribution in [2.75, 3.05) is 0 Å². The molecule has 1 aromatic carbocycles. The maximum atomic E-state index is 10.9. The Bertz CT molecular complexity index is 487. The molecule has 0 fully saturated rings. The molecular formula is C11H10ClNO. The zero-order valence-electron chi connectivity index (χ0n) is 7.83. The van der Waals surface area contributed by atoms with Gasteiger partial charge in [-0.3, -0.25) is 4.79 Å². The Balaban J connectivity index is 2.91. The average Bonchev–Trinajstić information content (AvgIpc) is 2.49. The van der Waals surface area contributed by atoms with E-state index in [1.54, 1.807) is 0 Å². The van der Waals surface area contributed by atoms with Crippen molar-refractivity contribution in [2.45, 2.75) is 13.5 Å². The molecule has 0 aliphatic carbocycles. The molecule has 0 saturated carbocycles. The smallest absolute Gasteiger partial charge is 0.153 e. The summed E-state index contributed by atoms with van der Waals surface area (Å²) in [6.45, 7) is 2.78. The van der Waals surface area contributed by atoms with Gasteiger partial charge in [-0.1, -0.05) is 29.8 Å². The fraction of sp³-hybridized carbons (Fsp3) is 0.182. The van der Waals surface area contributed by atoms with Crippen LogP contribution in [0, 0.1) is 0 Å². The zero-order chi connectivity index (χ0) is 10.1. The van der Waals surface area contributed by atoms with Crippen LogP contribution in [0.4, 0.5) is 0 Å². The van der Waals surface area contributed by atoms with Gasteiger partial charge in [0.15, 0.2) is 6.29 Å². The Kier molecular flexibility index (Phi) is 2.30. The molecule has 0 unspecified atom stereocenters. The van der Waals surface area contributed by atoms with Crippen molar-refractivity contribution in [1.82, 2.24) is 4.57 Å². The molecule has 0 spiro atoms. The molecular weight excluding hydrogens is 198 g/mol. The second kappa shape index (κ2) is 3.46. The van der Waals surface area contributed by atoms with Gasteiger partial charge in [0, 0.05) is 17.4 Å². The number of hydrogen-bond donors (Lipinski definition) is 0. The monoisotopic (exact) mass is 207 g/mol. The van der Waals surface area contributed by atoms with Crippen molar-refractivity contribution in [3.8, 4) is 0 Å². The van der Waals surface area contributed by atoms with Crippen molar-refractivity contribution < 1.29 is 4.79 Å². The minimum absolute atomic E-state index is 0.531. The molecule has 3 heteroatoms. The van der Waals surface area contributed by atoms with E-state index in [4.69, 9.17) is 11.6 Å². The van der Waals surface area contributed by atoms with Gasteiger partial charge in [0.1, 0.15) is 5.15 Å². The maximum Gasteiger partial charge on any atom is 0.153 e. The normalized spacial score (nSPS) is 10.7. The first-order valence-corrected chi connectivity index (χ1v) is 4.89. The summed E-state index contributed by atoms with van der Waals surface area (Å²) in [5.74, 6) is 0. The Morgan fingerprint density at radius 3 is 2.79 bits per heavy atom. The molecule has 0 N–H and O–H groups in total. The highest BCUT2D eigenvalue weighted by Gasteiger charge is 2.12. The summed E-state index contributed by atoms with van der Waals surface area (Å²) in [6, 6.07) is 7.74. The van der Waals surface area contributed by atoms with Gasteiger partial charge >= 0.3 is 0 Å². The molecule has 0 atom stereocenters. The third-order valence-corrected chi connectivity index (χ3v) is 2.79. The van der Waals surface area contributed by atoms with E-state index in [1.807, 2.05) is 35.8 Å². The molecule has 0 aliphatic heterocycles. The second-order valence-corrected chi connectivity index (χ2v) is 3.44. The molecule has 2 rings (SSSR count). The van der Waals surface area contributed by atoms with Crippen LogP contribution in [0.3, 0.4) is 0 Å². The minimum atomic E-state index is 0.531. The van der Waals surface area contributed by atoms with Crippen LogP contribution in [0.1, 0.15) is 17.3 Å². The van der Waals surface area contributed by atoms with Gasteiger partial charge in [0.2, 0.25) is 0 Å². The van der Waals surface area contributed by atoms with Gasteiger partial charge in [-0.2, -0.15) is 0 Å². The first kappa shape index (κ1) is 9.28. The quantitative estimate of drug-likeness (QED) is 0.694. The molecule has 14 heavy (non-hydrogen) atoms. The number of benzene rings is 1. The number of carbonyl (C=O) groups excluding carboxylic acids is 1. The van der Waals surface area contributed by atoms with Crippen molar-refractivity contribution in [1.29, 1.82) is 0 Å². The fourth-order valence-corrected chi connectivity index (χ4v) is 2.08. The summed E-state index contributed by atoms with van der Waals surface area (Å²) in [4.78, 5) is 10.9. The molecule has 0 saturated heterocycles. The second-order valence-electron chi connectivity index (χ2n) is 3.08. The van der Waals surface area contributed by atoms with E-state index in [0.29, 0.717) is 10.7 Å². The van der Waals surface area contributed by atoms with Gasteiger partial charge in [-0.15, -0.1) is 0 Å². The predicted octanol–water partition coefficient (Wildman–Crippen LogP) is 3.13. The lowest BCUT2D eigenvalue weighted by atomic mass is 10.2. The summed E-state index contributed by atoms with van der Waals surface area (Å²) < 4.78 is 1.93. The van der Waals surface area contributed by atoms with Crippen molar-refractivity contribution in [2.24, 2.45) is 0 Å². The number of para-hydroxylation sites is 1. The SMILES string of the molecule is CCn1c(Cl)c(C=O)c2ccccc21. The maximum absolute atomic E-state index is 10.9. The molecule has 1 aromatic heterocycles. The van der Waals surface area contributed by atoms with Crippen LogP contribution in [0.5, 0.6) is 0 Å². The van der Waals surface area contributed by atoms with Crippen LogP contribution in [-0.4, -0.2) is 10.9 Å². The van der Waals surface area contributed by atoms with E-state index in [1.165, 1.54) is 0 Å².